The summed E-state index contributed by atoms with van der Waals surface area (Å²) in [4.78, 5) is 55.1. The lowest BCUT2D eigenvalue weighted by atomic mass is 10.1. The van der Waals surface area contributed by atoms with Crippen molar-refractivity contribution in [1.82, 2.24) is 29.9 Å². The molecule has 206 valence electrons. The lowest BCUT2D eigenvalue weighted by Gasteiger charge is -2.19. The fourth-order valence-electron chi connectivity index (χ4n) is 3.78. The molecule has 2 aromatic rings. The highest BCUT2D eigenvalue weighted by atomic mass is 31.2. The summed E-state index contributed by atoms with van der Waals surface area (Å²) in [5.41, 5.74) is 4.92. The van der Waals surface area contributed by atoms with Gasteiger partial charge in [0.25, 0.3) is 5.56 Å². The van der Waals surface area contributed by atoms with Crippen molar-refractivity contribution in [2.24, 2.45) is 0 Å². The summed E-state index contributed by atoms with van der Waals surface area (Å²) in [5, 5.41) is 25.6. The quantitative estimate of drug-likeness (QED) is 0.0852. The summed E-state index contributed by atoms with van der Waals surface area (Å²) >= 11 is 0. The first kappa shape index (κ1) is 28.6. The van der Waals surface area contributed by atoms with Crippen molar-refractivity contribution in [3.63, 3.8) is 0 Å². The minimum Gasteiger partial charge on any atom is -0.467 e. The van der Waals surface area contributed by atoms with E-state index >= 15 is 0 Å². The van der Waals surface area contributed by atoms with Crippen LogP contribution in [-0.4, -0.2) is 91.1 Å². The Balaban J connectivity index is 1.50. The molecule has 0 aliphatic carbocycles. The van der Waals surface area contributed by atoms with Gasteiger partial charge in [-0.3, -0.25) is 23.7 Å². The number of fused-ring (bicyclic) bond motifs is 1. The Bertz CT molecular complexity index is 1220. The van der Waals surface area contributed by atoms with Crippen LogP contribution in [0, 0.1) is 0 Å². The Morgan fingerprint density at radius 3 is 2.76 bits per heavy atom. The molecule has 1 aliphatic rings. The second-order valence-corrected chi connectivity index (χ2v) is 9.93. The molecule has 0 radical (unpaired) electrons. The van der Waals surface area contributed by atoms with E-state index in [1.807, 2.05) is 0 Å². The highest BCUT2D eigenvalue weighted by Gasteiger charge is 2.45. The largest absolute Gasteiger partial charge is 0.467 e. The molecule has 17 nitrogen and oxygen atoms in total. The zero-order valence-electron chi connectivity index (χ0n) is 20.1. The van der Waals surface area contributed by atoms with E-state index in [4.69, 9.17) is 15.0 Å². The van der Waals surface area contributed by atoms with Crippen molar-refractivity contribution in [1.29, 1.82) is 0 Å². The Kier molecular flexibility index (Phi) is 9.36. The average Bonchev–Trinajstić information content (AvgIpc) is 3.37. The molecule has 18 heteroatoms. The third-order valence-electron chi connectivity index (χ3n) is 5.57. The number of ether oxygens (including phenoxy) is 2. The Hall–Kier alpha value is -2.92. The van der Waals surface area contributed by atoms with Crippen LogP contribution < -0.4 is 21.7 Å². The number of unbranched alkanes of at least 4 members (excludes halogenated alkanes) is 1. The zero-order valence-corrected chi connectivity index (χ0v) is 21.0. The van der Waals surface area contributed by atoms with E-state index in [0.717, 1.165) is 0 Å². The number of aromatic amines is 1. The Morgan fingerprint density at radius 2 is 2.08 bits per heavy atom. The molecule has 0 aromatic carbocycles. The van der Waals surface area contributed by atoms with Crippen LogP contribution in [0.5, 0.6) is 0 Å². The number of amides is 1. The molecule has 1 fully saturated rings. The second kappa shape index (κ2) is 12.1. The van der Waals surface area contributed by atoms with Gasteiger partial charge in [0.05, 0.1) is 20.0 Å². The van der Waals surface area contributed by atoms with Crippen molar-refractivity contribution in [2.45, 2.75) is 56.8 Å². The highest BCUT2D eigenvalue weighted by Crippen LogP contribution is 2.39. The first-order valence-corrected chi connectivity index (χ1v) is 12.8. The lowest BCUT2D eigenvalue weighted by molar-refractivity contribution is -0.145. The summed E-state index contributed by atoms with van der Waals surface area (Å²) in [5.74, 6) is -1.17. The second-order valence-electron chi connectivity index (χ2n) is 8.32. The number of aliphatic hydroxyl groups excluding tert-OH is 2. The van der Waals surface area contributed by atoms with Crippen LogP contribution in [0.4, 0.5) is 5.95 Å². The minimum absolute atomic E-state index is 0.0153. The topological polar surface area (TPSA) is 253 Å². The highest BCUT2D eigenvalue weighted by molar-refractivity contribution is 7.50. The van der Waals surface area contributed by atoms with Gasteiger partial charge in [-0.25, -0.2) is 19.4 Å². The molecule has 3 rings (SSSR count). The van der Waals surface area contributed by atoms with Crippen LogP contribution in [0.2, 0.25) is 0 Å². The van der Waals surface area contributed by atoms with Crippen molar-refractivity contribution >= 4 is 36.7 Å². The fraction of sp³-hybridized carbons (Fsp3) is 0.632. The number of nitrogen functional groups attached to an aromatic ring is 1. The summed E-state index contributed by atoms with van der Waals surface area (Å²) in [6.45, 7) is 0.767. The molecule has 1 amide bonds. The van der Waals surface area contributed by atoms with Gasteiger partial charge in [0.2, 0.25) is 11.9 Å². The van der Waals surface area contributed by atoms with Crippen LogP contribution >= 0.6 is 7.75 Å². The number of nitrogens with two attached hydrogens (primary N) is 1. The number of nitrogens with zero attached hydrogens (tertiary/aromatic N) is 3. The normalized spacial score (nSPS) is 24.0. The van der Waals surface area contributed by atoms with E-state index in [1.165, 1.54) is 24.9 Å². The van der Waals surface area contributed by atoms with E-state index in [2.05, 4.69) is 30.1 Å². The minimum atomic E-state index is -4.31. The molecule has 0 bridgehead atoms. The zero-order chi connectivity index (χ0) is 27.3. The summed E-state index contributed by atoms with van der Waals surface area (Å²) in [7, 11) is -3.11. The number of hydrogen-bond acceptors (Lipinski definition) is 12. The fourth-order valence-corrected chi connectivity index (χ4v) is 4.66. The summed E-state index contributed by atoms with van der Waals surface area (Å²) in [6, 6.07) is -0.822. The van der Waals surface area contributed by atoms with Crippen molar-refractivity contribution in [2.75, 3.05) is 26.0 Å². The van der Waals surface area contributed by atoms with Crippen LogP contribution in [0.15, 0.2) is 11.1 Å². The predicted octanol–water partition coefficient (Wildman–Crippen LogP) is -2.12. The van der Waals surface area contributed by atoms with Crippen LogP contribution in [0.3, 0.4) is 0 Å². The van der Waals surface area contributed by atoms with Crippen LogP contribution in [0.1, 0.15) is 32.4 Å². The van der Waals surface area contributed by atoms with Gasteiger partial charge >= 0.3 is 13.7 Å². The molecule has 1 aliphatic heterocycles. The molecule has 0 spiro atoms. The third-order valence-corrected chi connectivity index (χ3v) is 6.69. The van der Waals surface area contributed by atoms with Gasteiger partial charge < -0.3 is 35.6 Å². The number of hydrogen-bond donors (Lipinski definition) is 7. The lowest BCUT2D eigenvalue weighted by Crippen LogP contribution is -2.40. The number of methoxy groups -OCH3 is 1. The number of carbonyl (C=O) groups is 2. The average molecular weight is 547 g/mol. The van der Waals surface area contributed by atoms with Gasteiger partial charge in [-0.2, -0.15) is 4.98 Å². The number of aromatic nitrogens is 4. The molecule has 0 saturated carbocycles. The van der Waals surface area contributed by atoms with Crippen molar-refractivity contribution in [3.05, 3.63) is 16.7 Å². The summed E-state index contributed by atoms with van der Waals surface area (Å²) in [6.07, 6.45) is -3.17. The molecule has 2 aromatic heterocycles. The van der Waals surface area contributed by atoms with Gasteiger partial charge in [0.15, 0.2) is 17.4 Å². The monoisotopic (exact) mass is 547 g/mol. The number of esters is 1. The van der Waals surface area contributed by atoms with Gasteiger partial charge in [0.1, 0.15) is 24.4 Å². The standard InChI is InChI=1S/C19H30N7O10P/c1-9(27)23-10(18(31)34-2)5-3-4-6-22-37(32,33)35-7-11-13(28)14(29)17(36-11)26-8-21-12-15(26)24-19(20)25-16(12)30/h8,10-11,13-14,17,28-29H,3-7H2,1-2H3,(H,23,27)(H2,22,32,33)(H3,20,24,25,30)/t10-,11+,13+,14+,17+/m0/s1. The van der Waals surface area contributed by atoms with Gasteiger partial charge in [0, 0.05) is 13.5 Å². The van der Waals surface area contributed by atoms with Crippen LogP contribution in [-0.2, 0) is 28.2 Å². The first-order valence-electron chi connectivity index (χ1n) is 11.2. The Labute approximate surface area is 209 Å². The number of imidazole rings is 1. The summed E-state index contributed by atoms with van der Waals surface area (Å²) < 4.78 is 28.8. The number of aliphatic hydroxyl groups is 2. The van der Waals surface area contributed by atoms with Gasteiger partial charge in [-0.05, 0) is 19.3 Å². The molecule has 37 heavy (non-hydrogen) atoms. The molecule has 6 atom stereocenters. The van der Waals surface area contributed by atoms with Gasteiger partial charge in [-0.15, -0.1) is 0 Å². The Morgan fingerprint density at radius 1 is 1.35 bits per heavy atom. The van der Waals surface area contributed by atoms with Crippen molar-refractivity contribution < 1.29 is 43.3 Å². The predicted molar refractivity (Wildman–Crippen MR) is 126 cm³/mol. The molecular weight excluding hydrogens is 517 g/mol. The van der Waals surface area contributed by atoms with E-state index < -0.39 is 56.5 Å². The maximum atomic E-state index is 12.3. The smallest absolute Gasteiger partial charge is 0.403 e. The number of nitrogens with one attached hydrogen (secondary N) is 3. The van der Waals surface area contributed by atoms with E-state index in [1.54, 1.807) is 0 Å². The van der Waals surface area contributed by atoms with E-state index in [0.29, 0.717) is 12.8 Å². The SMILES string of the molecule is COC(=O)[C@H](CCCCNP(=O)(O)OC[C@H]1O[C@@H](n2cnc3c(=O)[nH]c(N)nc32)[C@H](O)[C@@H]1O)NC(C)=O. The van der Waals surface area contributed by atoms with Crippen LogP contribution in [0.25, 0.3) is 11.2 Å². The molecule has 1 saturated heterocycles. The van der Waals surface area contributed by atoms with Gasteiger partial charge in [-0.1, -0.05) is 0 Å². The molecule has 8 N–H and O–H groups in total. The number of rotatable bonds is 12. The molecule has 3 heterocycles. The number of anilines is 1. The van der Waals surface area contributed by atoms with E-state index in [-0.39, 0.29) is 36.0 Å². The van der Waals surface area contributed by atoms with E-state index in [9.17, 15) is 34.1 Å². The number of carbonyl (C=O) groups excluding carboxylic acids is 2. The number of H-pyrrole nitrogens is 1. The maximum Gasteiger partial charge on any atom is 0.403 e. The molecule has 1 unspecified atom stereocenters. The van der Waals surface area contributed by atoms with Crippen molar-refractivity contribution in [3.8, 4) is 0 Å². The maximum absolute atomic E-state index is 12.3. The third kappa shape index (κ3) is 7.10. The first-order chi connectivity index (χ1) is 17.4. The molecular formula is C19H30N7O10P.